The summed E-state index contributed by atoms with van der Waals surface area (Å²) in [7, 11) is 1.58. The molecule has 0 unspecified atom stereocenters. The van der Waals surface area contributed by atoms with Crippen LogP contribution in [0.1, 0.15) is 11.3 Å². The lowest BCUT2D eigenvalue weighted by molar-refractivity contribution is -0.107. The Hall–Kier alpha value is -3.36. The molecule has 156 valence electrons. The Balaban J connectivity index is 1.41. The Kier molecular flexibility index (Phi) is 6.49. The van der Waals surface area contributed by atoms with Gasteiger partial charge in [-0.15, -0.1) is 11.3 Å². The van der Waals surface area contributed by atoms with Crippen molar-refractivity contribution in [3.8, 4) is 22.1 Å². The van der Waals surface area contributed by atoms with E-state index in [4.69, 9.17) is 9.47 Å². The summed E-state index contributed by atoms with van der Waals surface area (Å²) in [5.41, 5.74) is 3.07. The molecular weight excluding hydrogens is 432 g/mol. The largest absolute Gasteiger partial charge is 0.493 e. The van der Waals surface area contributed by atoms with Crippen LogP contribution in [0.25, 0.3) is 16.6 Å². The minimum atomic E-state index is -0.358. The molecule has 1 N–H and O–H groups in total. The fraction of sp³-hybridized carbons (Fsp3) is 0.0870. The number of carbonyl (C=O) groups is 2. The van der Waals surface area contributed by atoms with E-state index in [1.165, 1.54) is 0 Å². The van der Waals surface area contributed by atoms with E-state index < -0.39 is 0 Å². The number of nitrogens with one attached hydrogen (secondary N) is 1. The fourth-order valence-corrected chi connectivity index (χ4v) is 4.21. The maximum Gasteiger partial charge on any atom is 0.291 e. The number of thioether (sulfide) groups is 1. The van der Waals surface area contributed by atoms with Gasteiger partial charge in [-0.25, -0.2) is 4.98 Å². The van der Waals surface area contributed by atoms with Crippen molar-refractivity contribution in [1.82, 2.24) is 10.3 Å². The quantitative estimate of drug-likeness (QED) is 0.494. The van der Waals surface area contributed by atoms with Gasteiger partial charge in [-0.1, -0.05) is 48.6 Å². The molecule has 1 saturated heterocycles. The highest BCUT2D eigenvalue weighted by molar-refractivity contribution is 8.27. The SMILES string of the molecule is COc1cc(C=CC=C2NC(=O)SC2=O)ccc1OCc1csc(-c2ccccc2)n1. The average Bonchev–Trinajstić information content (AvgIpc) is 3.39. The second kappa shape index (κ2) is 9.63. The van der Waals surface area contributed by atoms with E-state index in [0.717, 1.165) is 21.8 Å². The number of thiazole rings is 1. The molecule has 0 saturated carbocycles. The first-order valence-corrected chi connectivity index (χ1v) is 11.0. The molecule has 0 bridgehead atoms. The molecule has 3 aromatic rings. The number of nitrogens with zero attached hydrogens (tertiary/aromatic N) is 1. The summed E-state index contributed by atoms with van der Waals surface area (Å²) in [6.07, 6.45) is 5.09. The van der Waals surface area contributed by atoms with Crippen LogP contribution in [-0.2, 0) is 11.4 Å². The third-order valence-electron chi connectivity index (χ3n) is 4.33. The number of rotatable bonds is 7. The first kappa shape index (κ1) is 20.9. The summed E-state index contributed by atoms with van der Waals surface area (Å²) < 4.78 is 11.4. The molecule has 8 heteroatoms. The summed E-state index contributed by atoms with van der Waals surface area (Å²) in [6, 6.07) is 15.6. The Bertz CT molecular complexity index is 1170. The number of hydrogen-bond donors (Lipinski definition) is 1. The maximum atomic E-state index is 11.6. The molecule has 6 nitrogen and oxygen atoms in total. The first-order valence-electron chi connectivity index (χ1n) is 9.34. The summed E-state index contributed by atoms with van der Waals surface area (Å²) in [6.45, 7) is 0.334. The van der Waals surface area contributed by atoms with E-state index in [1.54, 1.807) is 30.6 Å². The zero-order valence-corrected chi connectivity index (χ0v) is 18.2. The lowest BCUT2D eigenvalue weighted by Gasteiger charge is -2.10. The molecule has 2 aromatic carbocycles. The van der Waals surface area contributed by atoms with Crippen LogP contribution in [0.3, 0.4) is 0 Å². The molecule has 0 spiro atoms. The Labute approximate surface area is 187 Å². The topological polar surface area (TPSA) is 77.5 Å². The van der Waals surface area contributed by atoms with Crippen LogP contribution in [-0.4, -0.2) is 22.4 Å². The maximum absolute atomic E-state index is 11.6. The molecule has 0 atom stereocenters. The zero-order valence-electron chi connectivity index (χ0n) is 16.5. The average molecular weight is 451 g/mol. The van der Waals surface area contributed by atoms with Crippen LogP contribution in [0, 0.1) is 0 Å². The summed E-state index contributed by atoms with van der Waals surface area (Å²) in [5, 5.41) is 4.80. The molecule has 4 rings (SSSR count). The lowest BCUT2D eigenvalue weighted by Crippen LogP contribution is -2.10. The van der Waals surface area contributed by atoms with Crippen LogP contribution in [0.4, 0.5) is 4.79 Å². The van der Waals surface area contributed by atoms with Gasteiger partial charge in [0.25, 0.3) is 5.24 Å². The van der Waals surface area contributed by atoms with Crippen molar-refractivity contribution in [2.24, 2.45) is 0 Å². The number of ether oxygens (including phenoxy) is 2. The number of benzene rings is 2. The molecule has 1 amide bonds. The first-order chi connectivity index (χ1) is 15.1. The van der Waals surface area contributed by atoms with E-state index in [1.807, 2.05) is 60.0 Å². The zero-order chi connectivity index (χ0) is 21.6. The lowest BCUT2D eigenvalue weighted by atomic mass is 10.2. The molecule has 1 aliphatic rings. The van der Waals surface area contributed by atoms with Gasteiger partial charge in [-0.2, -0.15) is 0 Å². The van der Waals surface area contributed by atoms with Gasteiger partial charge in [0.2, 0.25) is 5.12 Å². The Morgan fingerprint density at radius 1 is 1.10 bits per heavy atom. The van der Waals surface area contributed by atoms with Gasteiger partial charge in [0.05, 0.1) is 18.5 Å². The van der Waals surface area contributed by atoms with Crippen molar-refractivity contribution in [1.29, 1.82) is 0 Å². The van der Waals surface area contributed by atoms with Crippen molar-refractivity contribution < 1.29 is 19.1 Å². The predicted molar refractivity (Wildman–Crippen MR) is 123 cm³/mol. The highest BCUT2D eigenvalue weighted by Crippen LogP contribution is 2.30. The van der Waals surface area contributed by atoms with E-state index in [9.17, 15) is 9.59 Å². The number of methoxy groups -OCH3 is 1. The highest BCUT2D eigenvalue weighted by atomic mass is 32.2. The van der Waals surface area contributed by atoms with Crippen molar-refractivity contribution in [3.63, 3.8) is 0 Å². The van der Waals surface area contributed by atoms with Crippen molar-refractivity contribution in [3.05, 3.63) is 83.0 Å². The monoisotopic (exact) mass is 450 g/mol. The molecule has 2 heterocycles. The Morgan fingerprint density at radius 2 is 1.94 bits per heavy atom. The summed E-state index contributed by atoms with van der Waals surface area (Å²) >= 11 is 2.24. The number of allylic oxidation sites excluding steroid dienone is 2. The third kappa shape index (κ3) is 5.22. The highest BCUT2D eigenvalue weighted by Gasteiger charge is 2.24. The van der Waals surface area contributed by atoms with Gasteiger partial charge in [0.1, 0.15) is 11.6 Å². The number of carbonyl (C=O) groups excluding carboxylic acids is 2. The molecule has 31 heavy (non-hydrogen) atoms. The predicted octanol–water partition coefficient (Wildman–Crippen LogP) is 5.28. The van der Waals surface area contributed by atoms with Crippen molar-refractivity contribution in [2.75, 3.05) is 7.11 Å². The number of hydrogen-bond acceptors (Lipinski definition) is 7. The summed E-state index contributed by atoms with van der Waals surface area (Å²) in [4.78, 5) is 27.4. The van der Waals surface area contributed by atoms with Crippen LogP contribution in [0.5, 0.6) is 11.5 Å². The minimum Gasteiger partial charge on any atom is -0.493 e. The van der Waals surface area contributed by atoms with E-state index >= 15 is 0 Å². The molecule has 1 aromatic heterocycles. The smallest absolute Gasteiger partial charge is 0.291 e. The van der Waals surface area contributed by atoms with Crippen LogP contribution in [0.15, 0.2) is 71.8 Å². The normalized spacial score (nSPS) is 14.9. The number of amides is 1. The van der Waals surface area contributed by atoms with Crippen molar-refractivity contribution >= 4 is 39.5 Å². The van der Waals surface area contributed by atoms with Crippen LogP contribution in [0.2, 0.25) is 0 Å². The second-order valence-electron chi connectivity index (χ2n) is 6.45. The van der Waals surface area contributed by atoms with E-state index in [0.29, 0.717) is 29.9 Å². The second-order valence-corrected chi connectivity index (χ2v) is 8.25. The van der Waals surface area contributed by atoms with Gasteiger partial charge >= 0.3 is 0 Å². The van der Waals surface area contributed by atoms with Gasteiger partial charge in [0, 0.05) is 22.7 Å². The number of aromatic nitrogens is 1. The Morgan fingerprint density at radius 3 is 2.68 bits per heavy atom. The molecule has 0 radical (unpaired) electrons. The van der Waals surface area contributed by atoms with Gasteiger partial charge in [-0.3, -0.25) is 9.59 Å². The fourth-order valence-electron chi connectivity index (χ4n) is 2.84. The molecule has 0 aliphatic carbocycles. The molecular formula is C23H18N2O4S2. The van der Waals surface area contributed by atoms with Gasteiger partial charge in [0.15, 0.2) is 11.5 Å². The van der Waals surface area contributed by atoms with Gasteiger partial charge in [-0.05, 0) is 23.8 Å². The summed E-state index contributed by atoms with van der Waals surface area (Å²) in [5.74, 6) is 1.20. The van der Waals surface area contributed by atoms with Gasteiger partial charge < -0.3 is 14.8 Å². The van der Waals surface area contributed by atoms with E-state index in [-0.39, 0.29) is 16.1 Å². The molecule has 1 aliphatic heterocycles. The van der Waals surface area contributed by atoms with Crippen molar-refractivity contribution in [2.45, 2.75) is 6.61 Å². The minimum absolute atomic E-state index is 0.274. The third-order valence-corrected chi connectivity index (χ3v) is 5.96. The van der Waals surface area contributed by atoms with E-state index in [2.05, 4.69) is 10.3 Å². The van der Waals surface area contributed by atoms with Crippen LogP contribution < -0.4 is 14.8 Å². The standard InChI is InChI=1S/C23H18N2O4S2/c1-28-20-12-15(6-5-9-18-22(26)31-23(27)25-18)10-11-19(20)29-13-17-14-30-21(24-17)16-7-3-2-4-8-16/h2-12,14H,13H2,1H3,(H,25,27). The van der Waals surface area contributed by atoms with Crippen LogP contribution >= 0.6 is 23.1 Å². The molecule has 1 fully saturated rings.